The Morgan fingerprint density at radius 1 is 1.40 bits per heavy atom. The van der Waals surface area contributed by atoms with Gasteiger partial charge in [-0.05, 0) is 0 Å². The summed E-state index contributed by atoms with van der Waals surface area (Å²) in [4.78, 5) is 21.0. The topological polar surface area (TPSA) is 120 Å². The number of rotatable bonds is 1. The van der Waals surface area contributed by atoms with E-state index in [2.05, 4.69) is 15.0 Å². The van der Waals surface area contributed by atoms with Gasteiger partial charge in [0, 0.05) is 6.07 Å². The molecular weight excluding hydrogens is 198 g/mol. The summed E-state index contributed by atoms with van der Waals surface area (Å²) in [5.41, 5.74) is 11.0. The predicted octanol–water partition coefficient (Wildman–Crippen LogP) is -0.509. The van der Waals surface area contributed by atoms with E-state index in [1.165, 1.54) is 13.2 Å². The number of pyridine rings is 1. The molecule has 78 valence electrons. The fraction of sp³-hybridized carbons (Fsp3) is 0.125. The fourth-order valence-corrected chi connectivity index (χ4v) is 1.34. The predicted molar refractivity (Wildman–Crippen MR) is 55.5 cm³/mol. The third-order valence-electron chi connectivity index (χ3n) is 1.92. The molecule has 2 heterocycles. The molecule has 0 aliphatic heterocycles. The number of aromatic nitrogens is 3. The van der Waals surface area contributed by atoms with Crippen LogP contribution in [0.1, 0.15) is 0 Å². The number of hydrogen-bond donors (Lipinski definition) is 3. The molecule has 0 saturated carbocycles. The van der Waals surface area contributed by atoms with Crippen LogP contribution in [-0.4, -0.2) is 22.1 Å². The monoisotopic (exact) mass is 207 g/mol. The SMILES string of the molecule is COc1nc(N)cc2[nH]c(=O)nc(N)c12. The van der Waals surface area contributed by atoms with E-state index < -0.39 is 5.69 Å². The van der Waals surface area contributed by atoms with Gasteiger partial charge in [-0.3, -0.25) is 0 Å². The number of fused-ring (bicyclic) bond motifs is 1. The Labute approximate surface area is 84.1 Å². The zero-order chi connectivity index (χ0) is 11.0. The van der Waals surface area contributed by atoms with Crippen molar-refractivity contribution in [3.63, 3.8) is 0 Å². The summed E-state index contributed by atoms with van der Waals surface area (Å²) < 4.78 is 5.00. The molecule has 0 aliphatic rings. The van der Waals surface area contributed by atoms with Crippen LogP contribution in [0.25, 0.3) is 10.9 Å². The van der Waals surface area contributed by atoms with Gasteiger partial charge < -0.3 is 21.2 Å². The summed E-state index contributed by atoms with van der Waals surface area (Å²) in [5, 5.41) is 0.450. The molecule has 0 bridgehead atoms. The van der Waals surface area contributed by atoms with Crippen molar-refractivity contribution < 1.29 is 4.74 Å². The van der Waals surface area contributed by atoms with Crippen molar-refractivity contribution in [1.82, 2.24) is 15.0 Å². The van der Waals surface area contributed by atoms with Gasteiger partial charge in [0.05, 0.1) is 12.6 Å². The molecule has 0 fully saturated rings. The summed E-state index contributed by atoms with van der Waals surface area (Å²) in [6.07, 6.45) is 0. The number of aromatic amines is 1. The van der Waals surface area contributed by atoms with Crippen molar-refractivity contribution in [3.05, 3.63) is 16.6 Å². The number of ether oxygens (including phenoxy) is 1. The maximum Gasteiger partial charge on any atom is 0.347 e. The minimum absolute atomic E-state index is 0.0677. The quantitative estimate of drug-likeness (QED) is 0.579. The van der Waals surface area contributed by atoms with Crippen LogP contribution < -0.4 is 21.9 Å². The van der Waals surface area contributed by atoms with E-state index in [4.69, 9.17) is 16.2 Å². The Kier molecular flexibility index (Phi) is 1.93. The molecule has 2 rings (SSSR count). The molecule has 0 unspecified atom stereocenters. The second-order valence-corrected chi connectivity index (χ2v) is 2.91. The van der Waals surface area contributed by atoms with Gasteiger partial charge in [-0.1, -0.05) is 0 Å². The van der Waals surface area contributed by atoms with Crippen LogP contribution in [0.4, 0.5) is 11.6 Å². The van der Waals surface area contributed by atoms with Gasteiger partial charge >= 0.3 is 5.69 Å². The van der Waals surface area contributed by atoms with E-state index in [1.807, 2.05) is 0 Å². The van der Waals surface area contributed by atoms with E-state index in [0.29, 0.717) is 10.9 Å². The van der Waals surface area contributed by atoms with E-state index >= 15 is 0 Å². The van der Waals surface area contributed by atoms with Gasteiger partial charge in [-0.2, -0.15) is 9.97 Å². The summed E-state index contributed by atoms with van der Waals surface area (Å²) in [5.74, 6) is 0.546. The van der Waals surface area contributed by atoms with Gasteiger partial charge in [0.2, 0.25) is 5.88 Å². The van der Waals surface area contributed by atoms with Crippen LogP contribution in [0, 0.1) is 0 Å². The first-order valence-electron chi connectivity index (χ1n) is 4.12. The van der Waals surface area contributed by atoms with Crippen LogP contribution in [0.3, 0.4) is 0 Å². The zero-order valence-electron chi connectivity index (χ0n) is 7.94. The molecule has 7 nitrogen and oxygen atoms in total. The van der Waals surface area contributed by atoms with E-state index in [9.17, 15) is 4.79 Å². The molecule has 7 heteroatoms. The second kappa shape index (κ2) is 3.12. The van der Waals surface area contributed by atoms with Gasteiger partial charge in [-0.15, -0.1) is 0 Å². The number of nitrogens with two attached hydrogens (primary N) is 2. The molecule has 15 heavy (non-hydrogen) atoms. The minimum Gasteiger partial charge on any atom is -0.480 e. The molecule has 0 radical (unpaired) electrons. The maximum absolute atomic E-state index is 11.1. The van der Waals surface area contributed by atoms with Crippen LogP contribution in [0.5, 0.6) is 5.88 Å². The lowest BCUT2D eigenvalue weighted by atomic mass is 10.3. The van der Waals surface area contributed by atoms with Crippen molar-refractivity contribution >= 4 is 22.5 Å². The zero-order valence-corrected chi connectivity index (χ0v) is 7.94. The lowest BCUT2D eigenvalue weighted by molar-refractivity contribution is 0.404. The Morgan fingerprint density at radius 3 is 2.80 bits per heavy atom. The molecule has 0 aromatic carbocycles. The maximum atomic E-state index is 11.1. The lowest BCUT2D eigenvalue weighted by Crippen LogP contribution is -2.13. The number of nitrogens with one attached hydrogen (secondary N) is 1. The highest BCUT2D eigenvalue weighted by atomic mass is 16.5. The third-order valence-corrected chi connectivity index (χ3v) is 1.92. The number of nitrogens with zero attached hydrogens (tertiary/aromatic N) is 2. The van der Waals surface area contributed by atoms with Crippen molar-refractivity contribution in [2.75, 3.05) is 18.6 Å². The number of hydrogen-bond acceptors (Lipinski definition) is 6. The summed E-state index contributed by atoms with van der Waals surface area (Å²) in [6, 6.07) is 1.50. The van der Waals surface area contributed by atoms with E-state index in [-0.39, 0.29) is 17.5 Å². The normalized spacial score (nSPS) is 10.5. The molecule has 0 atom stereocenters. The average molecular weight is 207 g/mol. The van der Waals surface area contributed by atoms with Crippen molar-refractivity contribution in [3.8, 4) is 5.88 Å². The number of anilines is 2. The van der Waals surface area contributed by atoms with Crippen LogP contribution >= 0.6 is 0 Å². The minimum atomic E-state index is -0.535. The smallest absolute Gasteiger partial charge is 0.347 e. The summed E-state index contributed by atoms with van der Waals surface area (Å²) in [7, 11) is 1.44. The van der Waals surface area contributed by atoms with Crippen molar-refractivity contribution in [1.29, 1.82) is 0 Å². The highest BCUT2D eigenvalue weighted by Crippen LogP contribution is 2.26. The molecule has 2 aromatic heterocycles. The molecule has 0 saturated heterocycles. The van der Waals surface area contributed by atoms with E-state index in [1.54, 1.807) is 0 Å². The van der Waals surface area contributed by atoms with Gasteiger partial charge in [0.15, 0.2) is 0 Å². The fourth-order valence-electron chi connectivity index (χ4n) is 1.34. The first-order valence-corrected chi connectivity index (χ1v) is 4.12. The van der Waals surface area contributed by atoms with Crippen molar-refractivity contribution in [2.24, 2.45) is 0 Å². The second-order valence-electron chi connectivity index (χ2n) is 2.91. The van der Waals surface area contributed by atoms with E-state index in [0.717, 1.165) is 0 Å². The number of methoxy groups -OCH3 is 1. The molecule has 0 aliphatic carbocycles. The molecule has 5 N–H and O–H groups in total. The van der Waals surface area contributed by atoms with Crippen molar-refractivity contribution in [2.45, 2.75) is 0 Å². The molecule has 0 spiro atoms. The van der Waals surface area contributed by atoms with Gasteiger partial charge in [0.1, 0.15) is 17.0 Å². The Bertz CT molecular complexity index is 577. The Balaban J connectivity index is 2.96. The van der Waals surface area contributed by atoms with Gasteiger partial charge in [0.25, 0.3) is 0 Å². The first-order chi connectivity index (χ1) is 7.11. The molecule has 2 aromatic rings. The molecular formula is C8H9N5O2. The Hall–Kier alpha value is -2.31. The third kappa shape index (κ3) is 1.43. The summed E-state index contributed by atoms with van der Waals surface area (Å²) in [6.45, 7) is 0. The van der Waals surface area contributed by atoms with Crippen LogP contribution in [0.15, 0.2) is 10.9 Å². The molecule has 0 amide bonds. The number of H-pyrrole nitrogens is 1. The summed E-state index contributed by atoms with van der Waals surface area (Å²) >= 11 is 0. The lowest BCUT2D eigenvalue weighted by Gasteiger charge is -2.06. The largest absolute Gasteiger partial charge is 0.480 e. The van der Waals surface area contributed by atoms with Gasteiger partial charge in [-0.25, -0.2) is 4.79 Å². The standard InChI is InChI=1S/C8H9N5O2/c1-15-7-5-3(2-4(9)12-7)11-8(14)13-6(5)10/h2H,1H3,(H2,9,12)(H3,10,11,13,14). The highest BCUT2D eigenvalue weighted by Gasteiger charge is 2.10. The highest BCUT2D eigenvalue weighted by molar-refractivity contribution is 5.93. The first kappa shape index (κ1) is 9.25. The number of nitrogen functional groups attached to an aromatic ring is 2. The van der Waals surface area contributed by atoms with Crippen LogP contribution in [0.2, 0.25) is 0 Å². The van der Waals surface area contributed by atoms with Crippen LogP contribution in [-0.2, 0) is 0 Å². The Morgan fingerprint density at radius 2 is 2.13 bits per heavy atom. The average Bonchev–Trinajstić information content (AvgIpc) is 2.14.